The Morgan fingerprint density at radius 3 is 2.76 bits per heavy atom. The minimum Gasteiger partial charge on any atom is -0.336 e. The molecular formula is C11H10BrN3O2. The summed E-state index contributed by atoms with van der Waals surface area (Å²) in [7, 11) is 1.70. The Hall–Kier alpha value is -1.69. The molecule has 1 aromatic rings. The number of halogens is 1. The number of aliphatic imine (C=N–C) groups is 1. The Labute approximate surface area is 107 Å². The highest BCUT2D eigenvalue weighted by Crippen LogP contribution is 2.16. The molecule has 0 atom stereocenters. The summed E-state index contributed by atoms with van der Waals surface area (Å²) in [6.07, 6.45) is 0. The third-order valence-electron chi connectivity index (χ3n) is 2.31. The molecule has 0 radical (unpaired) electrons. The van der Waals surface area contributed by atoms with E-state index in [9.17, 15) is 9.59 Å². The topological polar surface area (TPSA) is 61.8 Å². The number of benzene rings is 1. The third-order valence-corrected chi connectivity index (χ3v) is 3.00. The van der Waals surface area contributed by atoms with E-state index in [2.05, 4.69) is 26.2 Å². The van der Waals surface area contributed by atoms with Crippen molar-refractivity contribution in [3.05, 3.63) is 34.3 Å². The van der Waals surface area contributed by atoms with E-state index in [1.807, 2.05) is 6.07 Å². The van der Waals surface area contributed by atoms with E-state index < -0.39 is 0 Å². The maximum absolute atomic E-state index is 11.9. The Balaban J connectivity index is 2.25. The largest absolute Gasteiger partial charge is 0.336 e. The van der Waals surface area contributed by atoms with Crippen LogP contribution in [0.1, 0.15) is 10.4 Å². The summed E-state index contributed by atoms with van der Waals surface area (Å²) >= 11 is 3.28. The van der Waals surface area contributed by atoms with Crippen molar-refractivity contribution in [2.24, 2.45) is 4.99 Å². The van der Waals surface area contributed by atoms with Crippen molar-refractivity contribution in [1.82, 2.24) is 10.2 Å². The van der Waals surface area contributed by atoms with E-state index in [1.54, 1.807) is 30.1 Å². The van der Waals surface area contributed by atoms with Gasteiger partial charge in [0.1, 0.15) is 0 Å². The molecule has 0 saturated carbocycles. The zero-order valence-electron chi connectivity index (χ0n) is 9.11. The number of hydrogen-bond acceptors (Lipinski definition) is 2. The molecule has 0 spiro atoms. The van der Waals surface area contributed by atoms with Crippen LogP contribution in [0, 0.1) is 0 Å². The number of carbonyl (C=O) groups is 2. The summed E-state index contributed by atoms with van der Waals surface area (Å²) in [6, 6.07) is 7.02. The van der Waals surface area contributed by atoms with Gasteiger partial charge in [-0.05, 0) is 28.1 Å². The fourth-order valence-electron chi connectivity index (χ4n) is 1.45. The highest BCUT2D eigenvalue weighted by Gasteiger charge is 2.22. The second kappa shape index (κ2) is 4.67. The number of guanidine groups is 1. The lowest BCUT2D eigenvalue weighted by Crippen LogP contribution is -2.28. The average Bonchev–Trinajstić information content (AvgIpc) is 2.58. The van der Waals surface area contributed by atoms with Gasteiger partial charge in [0.15, 0.2) is 0 Å². The van der Waals surface area contributed by atoms with Gasteiger partial charge in [-0.2, -0.15) is 4.99 Å². The van der Waals surface area contributed by atoms with Gasteiger partial charge < -0.3 is 4.90 Å². The third kappa shape index (κ3) is 2.52. The number of hydrogen-bond donors (Lipinski definition) is 1. The summed E-state index contributed by atoms with van der Waals surface area (Å²) in [5, 5.41) is 2.52. The molecule has 1 N–H and O–H groups in total. The lowest BCUT2D eigenvalue weighted by molar-refractivity contribution is -0.118. The number of rotatable bonds is 1. The lowest BCUT2D eigenvalue weighted by Gasteiger charge is -2.07. The van der Waals surface area contributed by atoms with E-state index in [1.165, 1.54) is 0 Å². The van der Waals surface area contributed by atoms with Gasteiger partial charge in [-0.25, -0.2) is 0 Å². The van der Waals surface area contributed by atoms with Gasteiger partial charge in [0.25, 0.3) is 5.91 Å². The van der Waals surface area contributed by atoms with Gasteiger partial charge >= 0.3 is 0 Å². The van der Waals surface area contributed by atoms with Gasteiger partial charge in [-0.15, -0.1) is 0 Å². The zero-order valence-corrected chi connectivity index (χ0v) is 10.7. The van der Waals surface area contributed by atoms with E-state index in [0.29, 0.717) is 10.0 Å². The van der Waals surface area contributed by atoms with Crippen LogP contribution < -0.4 is 5.32 Å². The van der Waals surface area contributed by atoms with Crippen molar-refractivity contribution < 1.29 is 9.59 Å². The van der Waals surface area contributed by atoms with Crippen LogP contribution >= 0.6 is 15.9 Å². The molecule has 0 bridgehead atoms. The zero-order chi connectivity index (χ0) is 12.4. The number of nitrogens with one attached hydrogen (secondary N) is 1. The monoisotopic (exact) mass is 295 g/mol. The maximum atomic E-state index is 11.9. The Morgan fingerprint density at radius 1 is 1.47 bits per heavy atom. The van der Waals surface area contributed by atoms with Crippen LogP contribution in [0.15, 0.2) is 33.7 Å². The van der Waals surface area contributed by atoms with Crippen LogP contribution in [-0.2, 0) is 4.79 Å². The molecule has 17 heavy (non-hydrogen) atoms. The molecule has 0 unspecified atom stereocenters. The van der Waals surface area contributed by atoms with E-state index >= 15 is 0 Å². The quantitative estimate of drug-likeness (QED) is 0.841. The van der Waals surface area contributed by atoms with E-state index in [0.717, 1.165) is 0 Å². The van der Waals surface area contributed by atoms with Gasteiger partial charge in [-0.1, -0.05) is 12.1 Å². The first-order valence-electron chi connectivity index (χ1n) is 4.96. The fraction of sp³-hybridized carbons (Fsp3) is 0.182. The Morgan fingerprint density at radius 2 is 2.18 bits per heavy atom. The van der Waals surface area contributed by atoms with Crippen molar-refractivity contribution >= 4 is 33.7 Å². The maximum Gasteiger partial charge on any atom is 0.281 e. The first-order valence-corrected chi connectivity index (χ1v) is 5.76. The molecule has 88 valence electrons. The van der Waals surface area contributed by atoms with Crippen LogP contribution in [0.25, 0.3) is 0 Å². The van der Waals surface area contributed by atoms with Crippen molar-refractivity contribution in [3.8, 4) is 0 Å². The first kappa shape index (κ1) is 11.8. The van der Waals surface area contributed by atoms with Crippen molar-refractivity contribution in [3.63, 3.8) is 0 Å². The summed E-state index contributed by atoms with van der Waals surface area (Å²) in [5.74, 6) is -0.261. The summed E-state index contributed by atoms with van der Waals surface area (Å²) < 4.78 is 0.682. The summed E-state index contributed by atoms with van der Waals surface area (Å²) in [5.41, 5.74) is 0.467. The molecule has 5 nitrogen and oxygen atoms in total. The predicted octanol–water partition coefficient (Wildman–Crippen LogP) is 1.01. The van der Waals surface area contributed by atoms with Crippen molar-refractivity contribution in [2.45, 2.75) is 0 Å². The predicted molar refractivity (Wildman–Crippen MR) is 66.7 cm³/mol. The second-order valence-electron chi connectivity index (χ2n) is 3.62. The van der Waals surface area contributed by atoms with Gasteiger partial charge in [0.2, 0.25) is 11.9 Å². The SMILES string of the molecule is CN1CC(=O)NC1=NC(=O)c1ccccc1Br. The number of nitrogens with zero attached hydrogens (tertiary/aromatic N) is 2. The fourth-order valence-corrected chi connectivity index (χ4v) is 1.91. The molecule has 2 rings (SSSR count). The van der Waals surface area contributed by atoms with Gasteiger partial charge in [-0.3, -0.25) is 14.9 Å². The lowest BCUT2D eigenvalue weighted by atomic mass is 10.2. The summed E-state index contributed by atoms with van der Waals surface area (Å²) in [6.45, 7) is 0.224. The van der Waals surface area contributed by atoms with Crippen molar-refractivity contribution in [1.29, 1.82) is 0 Å². The molecule has 1 aromatic carbocycles. The number of carbonyl (C=O) groups excluding carboxylic acids is 2. The van der Waals surface area contributed by atoms with Crippen LogP contribution in [0.5, 0.6) is 0 Å². The highest BCUT2D eigenvalue weighted by atomic mass is 79.9. The molecule has 0 aliphatic carbocycles. The molecule has 1 saturated heterocycles. The van der Waals surface area contributed by atoms with Gasteiger partial charge in [0.05, 0.1) is 12.1 Å². The normalized spacial score (nSPS) is 17.4. The molecular weight excluding hydrogens is 286 g/mol. The van der Waals surface area contributed by atoms with Crippen LogP contribution in [0.3, 0.4) is 0 Å². The first-order chi connectivity index (χ1) is 8.08. The Kier molecular flexibility index (Phi) is 3.23. The molecule has 1 fully saturated rings. The molecule has 0 aromatic heterocycles. The molecule has 6 heteroatoms. The van der Waals surface area contributed by atoms with Crippen LogP contribution in [0.4, 0.5) is 0 Å². The van der Waals surface area contributed by atoms with E-state index in [-0.39, 0.29) is 24.3 Å². The van der Waals surface area contributed by atoms with Crippen LogP contribution in [-0.4, -0.2) is 36.3 Å². The summed E-state index contributed by atoms with van der Waals surface area (Å²) in [4.78, 5) is 28.4. The van der Waals surface area contributed by atoms with Crippen LogP contribution in [0.2, 0.25) is 0 Å². The average molecular weight is 296 g/mol. The van der Waals surface area contributed by atoms with Gasteiger partial charge in [0, 0.05) is 11.5 Å². The number of likely N-dealkylation sites (N-methyl/N-ethyl adjacent to an activating group) is 1. The minimum atomic E-state index is -0.387. The molecule has 1 aliphatic heterocycles. The van der Waals surface area contributed by atoms with E-state index in [4.69, 9.17) is 0 Å². The second-order valence-corrected chi connectivity index (χ2v) is 4.48. The smallest absolute Gasteiger partial charge is 0.281 e. The number of amides is 2. The minimum absolute atomic E-state index is 0.161. The standard InChI is InChI=1S/C11H10BrN3O2/c1-15-6-9(16)13-11(15)14-10(17)7-4-2-3-5-8(7)12/h2-5H,6H2,1H3,(H,13,14,16,17). The highest BCUT2D eigenvalue weighted by molar-refractivity contribution is 9.10. The molecule has 2 amide bonds. The molecule has 1 aliphatic rings. The van der Waals surface area contributed by atoms with Crippen molar-refractivity contribution in [2.75, 3.05) is 13.6 Å². The Bertz CT molecular complexity index is 513. The molecule has 1 heterocycles.